The highest BCUT2D eigenvalue weighted by Crippen LogP contribution is 2.34. The number of hydrogen-bond acceptors (Lipinski definition) is 8. The molecule has 11 heteroatoms. The molecule has 7 rings (SSSR count). The molecule has 220 valence electrons. The first kappa shape index (κ1) is 27.4. The third kappa shape index (κ3) is 5.08. The van der Waals surface area contributed by atoms with Gasteiger partial charge in [-0.15, -0.1) is 11.3 Å². The molecule has 0 saturated carbocycles. The van der Waals surface area contributed by atoms with Crippen LogP contribution >= 0.6 is 11.3 Å². The quantitative estimate of drug-likeness (QED) is 0.326. The molecule has 3 aliphatic heterocycles. The molecule has 1 fully saturated rings. The monoisotopic (exact) mass is 597 g/mol. The molecule has 0 atom stereocenters. The van der Waals surface area contributed by atoms with Crippen molar-refractivity contribution in [3.05, 3.63) is 82.0 Å². The van der Waals surface area contributed by atoms with Crippen LogP contribution in [0.5, 0.6) is 10.8 Å². The van der Waals surface area contributed by atoms with Crippen LogP contribution < -0.4 is 24.6 Å². The number of amides is 2. The lowest BCUT2D eigenvalue weighted by atomic mass is 10.0. The fourth-order valence-corrected chi connectivity index (χ4v) is 7.01. The largest absolute Gasteiger partial charge is 0.497 e. The molecule has 5 heterocycles. The highest BCUT2D eigenvalue weighted by Gasteiger charge is 2.36. The van der Waals surface area contributed by atoms with E-state index in [1.165, 1.54) is 20.9 Å². The highest BCUT2D eigenvalue weighted by atomic mass is 32.1. The van der Waals surface area contributed by atoms with Gasteiger partial charge < -0.3 is 24.6 Å². The van der Waals surface area contributed by atoms with Gasteiger partial charge in [-0.3, -0.25) is 9.59 Å². The minimum atomic E-state index is -0.577. The van der Waals surface area contributed by atoms with E-state index >= 15 is 0 Å². The third-order valence-corrected chi connectivity index (χ3v) is 9.35. The van der Waals surface area contributed by atoms with Crippen LogP contribution in [0.2, 0.25) is 0 Å². The number of benzene rings is 2. The van der Waals surface area contributed by atoms with Gasteiger partial charge in [-0.25, -0.2) is 9.48 Å². The average molecular weight is 598 g/mol. The Kier molecular flexibility index (Phi) is 7.20. The number of esters is 1. The number of rotatable bonds is 6. The van der Waals surface area contributed by atoms with Gasteiger partial charge in [0.1, 0.15) is 11.4 Å². The molecular weight excluding hydrogens is 566 g/mol. The summed E-state index contributed by atoms with van der Waals surface area (Å²) in [7, 11) is 1.59. The fourth-order valence-electron chi connectivity index (χ4n) is 5.99. The van der Waals surface area contributed by atoms with Crippen molar-refractivity contribution in [2.45, 2.75) is 38.6 Å². The molecule has 43 heavy (non-hydrogen) atoms. The molecule has 2 amide bonds. The summed E-state index contributed by atoms with van der Waals surface area (Å²) in [5.41, 5.74) is 4.36. The number of methoxy groups -OCH3 is 1. The Morgan fingerprint density at radius 2 is 1.65 bits per heavy atom. The molecule has 4 aromatic rings. The number of nitrogens with one attached hydrogen (secondary N) is 1. The zero-order valence-electron chi connectivity index (χ0n) is 23.8. The maximum absolute atomic E-state index is 14.1. The first-order valence-corrected chi connectivity index (χ1v) is 15.3. The van der Waals surface area contributed by atoms with Crippen LogP contribution in [0, 0.1) is 0 Å². The van der Waals surface area contributed by atoms with Gasteiger partial charge in [0.2, 0.25) is 5.91 Å². The van der Waals surface area contributed by atoms with Crippen molar-refractivity contribution >= 4 is 40.5 Å². The molecule has 2 aromatic heterocycles. The van der Waals surface area contributed by atoms with E-state index in [2.05, 4.69) is 10.4 Å². The van der Waals surface area contributed by atoms with Crippen molar-refractivity contribution in [2.75, 3.05) is 36.5 Å². The lowest BCUT2D eigenvalue weighted by molar-refractivity contribution is -0.119. The smallest absolute Gasteiger partial charge is 0.365 e. The van der Waals surface area contributed by atoms with Crippen molar-refractivity contribution in [2.24, 2.45) is 0 Å². The summed E-state index contributed by atoms with van der Waals surface area (Å²) < 4.78 is 12.7. The summed E-state index contributed by atoms with van der Waals surface area (Å²) in [5.74, 6) is -0.0457. The Bertz CT molecular complexity index is 1690. The van der Waals surface area contributed by atoms with Gasteiger partial charge >= 0.3 is 5.97 Å². The van der Waals surface area contributed by atoms with E-state index in [1.54, 1.807) is 41.2 Å². The van der Waals surface area contributed by atoms with E-state index < -0.39 is 5.97 Å². The first-order chi connectivity index (χ1) is 21.0. The number of nitrogens with zero attached hydrogens (tertiary/aromatic N) is 4. The second-order valence-corrected chi connectivity index (χ2v) is 11.9. The van der Waals surface area contributed by atoms with Gasteiger partial charge in [0.15, 0.2) is 10.8 Å². The number of anilines is 2. The van der Waals surface area contributed by atoms with E-state index in [-0.39, 0.29) is 17.5 Å². The Labute approximate surface area is 252 Å². The number of fused-ring (bicyclic) bond motifs is 2. The number of aromatic nitrogens is 2. The predicted octanol–water partition coefficient (Wildman–Crippen LogP) is 4.53. The van der Waals surface area contributed by atoms with Crippen LogP contribution in [0.1, 0.15) is 56.2 Å². The van der Waals surface area contributed by atoms with E-state index in [4.69, 9.17) is 9.47 Å². The molecule has 0 spiro atoms. The van der Waals surface area contributed by atoms with Gasteiger partial charge in [0.05, 0.1) is 12.8 Å². The Morgan fingerprint density at radius 1 is 0.907 bits per heavy atom. The lowest BCUT2D eigenvalue weighted by Crippen LogP contribution is -2.39. The second-order valence-electron chi connectivity index (χ2n) is 10.8. The van der Waals surface area contributed by atoms with Gasteiger partial charge in [-0.2, -0.15) is 5.10 Å². The number of hydrogen-bond donors (Lipinski definition) is 1. The van der Waals surface area contributed by atoms with Crippen LogP contribution in [-0.2, 0) is 24.2 Å². The summed E-state index contributed by atoms with van der Waals surface area (Å²) in [4.78, 5) is 44.8. The number of ether oxygens (including phenoxy) is 2. The molecule has 0 radical (unpaired) electrons. The maximum atomic E-state index is 14.1. The van der Waals surface area contributed by atoms with E-state index in [0.717, 1.165) is 43.6 Å². The number of thiophene rings is 1. The Hall–Kier alpha value is -4.48. The zero-order chi connectivity index (χ0) is 29.5. The number of piperidine rings is 1. The minimum absolute atomic E-state index is 0.125. The molecule has 0 aliphatic carbocycles. The van der Waals surface area contributed by atoms with Crippen LogP contribution in [-0.4, -0.2) is 54.3 Å². The van der Waals surface area contributed by atoms with Gasteiger partial charge in [-0.05, 0) is 85.8 Å². The molecule has 2 aromatic carbocycles. The molecular formula is C32H31N5O5S. The van der Waals surface area contributed by atoms with E-state index in [0.29, 0.717) is 59.4 Å². The van der Waals surface area contributed by atoms with Crippen molar-refractivity contribution in [1.82, 2.24) is 15.1 Å². The zero-order valence-corrected chi connectivity index (χ0v) is 24.6. The Morgan fingerprint density at radius 3 is 2.37 bits per heavy atom. The molecule has 0 unspecified atom stereocenters. The number of carbonyl (C=O) groups is 3. The van der Waals surface area contributed by atoms with Gasteiger partial charge in [-0.1, -0.05) is 0 Å². The molecule has 1 N–H and O–H groups in total. The topological polar surface area (TPSA) is 106 Å². The highest BCUT2D eigenvalue weighted by molar-refractivity contribution is 7.14. The summed E-state index contributed by atoms with van der Waals surface area (Å²) in [6.45, 7) is 2.74. The second kappa shape index (κ2) is 11.3. The first-order valence-electron chi connectivity index (χ1n) is 14.5. The SMILES string of the molecule is COc1ccc(-n2nc(C(=O)Oc3cc4c(s3)CCNC4)c3c2C(=O)N(c2ccc(N4CCCCC4=O)cc2)CC3)cc1. The van der Waals surface area contributed by atoms with E-state index in [1.807, 2.05) is 30.3 Å². The third-order valence-electron chi connectivity index (χ3n) is 8.24. The van der Waals surface area contributed by atoms with Crippen molar-refractivity contribution in [3.63, 3.8) is 0 Å². The van der Waals surface area contributed by atoms with Crippen LogP contribution in [0.15, 0.2) is 54.6 Å². The van der Waals surface area contributed by atoms with E-state index in [9.17, 15) is 14.4 Å². The minimum Gasteiger partial charge on any atom is -0.497 e. The fraction of sp³-hybridized carbons (Fsp3) is 0.312. The van der Waals surface area contributed by atoms with Crippen LogP contribution in [0.3, 0.4) is 0 Å². The van der Waals surface area contributed by atoms with Gasteiger partial charge in [0.25, 0.3) is 5.91 Å². The standard InChI is InChI=1S/C32H31N5O5S/c1-41-24-11-9-23(10-12-24)37-30-25(29(34-37)32(40)42-28-18-20-19-33-15-13-26(20)43-28)14-17-36(31(30)39)22-7-5-21(6-8-22)35-16-3-2-4-27(35)38/h5-12,18,33H,2-4,13-17,19H2,1H3. The normalized spacial score (nSPS) is 16.6. The molecule has 3 aliphatic rings. The van der Waals surface area contributed by atoms with Crippen LogP contribution in [0.4, 0.5) is 11.4 Å². The van der Waals surface area contributed by atoms with Crippen molar-refractivity contribution in [1.29, 1.82) is 0 Å². The van der Waals surface area contributed by atoms with Crippen LogP contribution in [0.25, 0.3) is 5.69 Å². The molecule has 1 saturated heterocycles. The summed E-state index contributed by atoms with van der Waals surface area (Å²) in [6, 6.07) is 16.6. The summed E-state index contributed by atoms with van der Waals surface area (Å²) in [6.07, 6.45) is 3.79. The van der Waals surface area contributed by atoms with Crippen molar-refractivity contribution < 1.29 is 23.9 Å². The maximum Gasteiger partial charge on any atom is 0.365 e. The predicted molar refractivity (Wildman–Crippen MR) is 163 cm³/mol. The lowest BCUT2D eigenvalue weighted by Gasteiger charge is -2.29. The summed E-state index contributed by atoms with van der Waals surface area (Å²) in [5, 5.41) is 8.53. The molecule has 10 nitrogen and oxygen atoms in total. The van der Waals surface area contributed by atoms with Gasteiger partial charge in [0, 0.05) is 54.4 Å². The molecule has 0 bridgehead atoms. The average Bonchev–Trinajstić information content (AvgIpc) is 3.63. The Balaban J connectivity index is 1.22. The summed E-state index contributed by atoms with van der Waals surface area (Å²) >= 11 is 1.48. The van der Waals surface area contributed by atoms with Crippen molar-refractivity contribution in [3.8, 4) is 16.5 Å². The number of carbonyl (C=O) groups excluding carboxylic acids is 3.